The van der Waals surface area contributed by atoms with Gasteiger partial charge < -0.3 is 25.2 Å². The summed E-state index contributed by atoms with van der Waals surface area (Å²) in [7, 11) is 3.77. The molecule has 2 aromatic carbocycles. The Labute approximate surface area is 167 Å². The highest BCUT2D eigenvalue weighted by molar-refractivity contribution is 5.75. The van der Waals surface area contributed by atoms with E-state index in [0.717, 1.165) is 24.3 Å². The normalized spacial score (nSPS) is 16.3. The van der Waals surface area contributed by atoms with Crippen LogP contribution in [0, 0.1) is 0 Å². The molecule has 0 fully saturated rings. The third-order valence-electron chi connectivity index (χ3n) is 5.11. The molecule has 1 aliphatic heterocycles. The number of anilines is 2. The van der Waals surface area contributed by atoms with Gasteiger partial charge in [0.25, 0.3) is 0 Å². The summed E-state index contributed by atoms with van der Waals surface area (Å²) in [6.07, 6.45) is 0. The Morgan fingerprint density at radius 1 is 1.18 bits per heavy atom. The van der Waals surface area contributed by atoms with Crippen LogP contribution in [0.15, 0.2) is 48.5 Å². The number of hydrogen-bond acceptors (Lipinski definition) is 4. The predicted molar refractivity (Wildman–Crippen MR) is 114 cm³/mol. The van der Waals surface area contributed by atoms with E-state index >= 15 is 0 Å². The van der Waals surface area contributed by atoms with Crippen molar-refractivity contribution in [3.63, 3.8) is 0 Å². The molecule has 0 radical (unpaired) electrons. The Balaban J connectivity index is 1.58. The first-order chi connectivity index (χ1) is 13.6. The third kappa shape index (κ3) is 4.95. The van der Waals surface area contributed by atoms with Crippen molar-refractivity contribution >= 4 is 17.4 Å². The van der Waals surface area contributed by atoms with Gasteiger partial charge in [-0.05, 0) is 36.2 Å². The first-order valence-electron chi connectivity index (χ1n) is 9.73. The van der Waals surface area contributed by atoms with Crippen LogP contribution in [0.25, 0.3) is 0 Å². The molecule has 0 saturated carbocycles. The third-order valence-corrected chi connectivity index (χ3v) is 5.11. The zero-order chi connectivity index (χ0) is 19.9. The van der Waals surface area contributed by atoms with Gasteiger partial charge in [0.2, 0.25) is 0 Å². The summed E-state index contributed by atoms with van der Waals surface area (Å²) in [6, 6.07) is 16.5. The quantitative estimate of drug-likeness (QED) is 0.753. The van der Waals surface area contributed by atoms with Crippen molar-refractivity contribution in [2.24, 2.45) is 0 Å². The molecule has 6 nitrogen and oxygen atoms in total. The minimum Gasteiger partial charge on any atom is -0.383 e. The number of amides is 2. The van der Waals surface area contributed by atoms with Gasteiger partial charge in [0.15, 0.2) is 0 Å². The van der Waals surface area contributed by atoms with Crippen molar-refractivity contribution in [1.29, 1.82) is 0 Å². The van der Waals surface area contributed by atoms with E-state index in [2.05, 4.69) is 41.6 Å². The van der Waals surface area contributed by atoms with E-state index in [4.69, 9.17) is 4.74 Å². The van der Waals surface area contributed by atoms with Crippen LogP contribution in [0.1, 0.15) is 18.1 Å². The Kier molecular flexibility index (Phi) is 6.76. The van der Waals surface area contributed by atoms with E-state index in [1.807, 2.05) is 41.3 Å². The van der Waals surface area contributed by atoms with Crippen LogP contribution < -0.4 is 15.5 Å². The minimum atomic E-state index is -0.0279. The summed E-state index contributed by atoms with van der Waals surface area (Å²) in [5.74, 6) is 0. The standard InChI is InChI=1S/C22H30N4O2/c1-17-15-25(2)21-7-5-4-6-19(21)16-26(17)22(27)24-14-18-8-10-20(11-9-18)23-12-13-28-3/h4-11,17,23H,12-16H2,1-3H3,(H,24,27)/t17-/m0/s1. The number of nitrogens with zero attached hydrogens (tertiary/aromatic N) is 2. The number of likely N-dealkylation sites (N-methyl/N-ethyl adjacent to an activating group) is 1. The van der Waals surface area contributed by atoms with E-state index in [-0.39, 0.29) is 12.1 Å². The zero-order valence-corrected chi connectivity index (χ0v) is 16.9. The molecule has 2 N–H and O–H groups in total. The molecule has 0 aromatic heterocycles. The van der Waals surface area contributed by atoms with Gasteiger partial charge in [0.1, 0.15) is 0 Å². The fourth-order valence-corrected chi connectivity index (χ4v) is 3.54. The Morgan fingerprint density at radius 2 is 1.93 bits per heavy atom. The molecule has 0 spiro atoms. The number of carbonyl (C=O) groups is 1. The van der Waals surface area contributed by atoms with Crippen LogP contribution in [-0.4, -0.2) is 50.8 Å². The van der Waals surface area contributed by atoms with Gasteiger partial charge in [0.05, 0.1) is 6.61 Å². The maximum Gasteiger partial charge on any atom is 0.318 e. The molecule has 6 heteroatoms. The highest BCUT2D eigenvalue weighted by atomic mass is 16.5. The Hall–Kier alpha value is -2.73. The largest absolute Gasteiger partial charge is 0.383 e. The maximum atomic E-state index is 12.9. The molecule has 0 aliphatic carbocycles. The van der Waals surface area contributed by atoms with Gasteiger partial charge in [-0.3, -0.25) is 0 Å². The molecule has 2 aromatic rings. The Bertz CT molecular complexity index is 778. The van der Waals surface area contributed by atoms with Crippen LogP contribution in [0.4, 0.5) is 16.2 Å². The first kappa shape index (κ1) is 20.0. The van der Waals surface area contributed by atoms with Crippen molar-refractivity contribution in [3.8, 4) is 0 Å². The van der Waals surface area contributed by atoms with Gasteiger partial charge in [-0.2, -0.15) is 0 Å². The average molecular weight is 383 g/mol. The van der Waals surface area contributed by atoms with Crippen LogP contribution in [0.5, 0.6) is 0 Å². The molecule has 0 saturated heterocycles. The molecular weight excluding hydrogens is 352 g/mol. The highest BCUT2D eigenvalue weighted by Gasteiger charge is 2.26. The highest BCUT2D eigenvalue weighted by Crippen LogP contribution is 2.26. The number of para-hydroxylation sites is 1. The number of methoxy groups -OCH3 is 1. The molecule has 0 bridgehead atoms. The van der Waals surface area contributed by atoms with Gasteiger partial charge in [-0.25, -0.2) is 4.79 Å². The molecular formula is C22H30N4O2. The zero-order valence-electron chi connectivity index (χ0n) is 16.9. The number of rotatable bonds is 6. The molecule has 28 heavy (non-hydrogen) atoms. The van der Waals surface area contributed by atoms with Crippen LogP contribution in [0.3, 0.4) is 0 Å². The number of urea groups is 1. The molecule has 2 amide bonds. The summed E-state index contributed by atoms with van der Waals surface area (Å²) in [5, 5.41) is 6.36. The average Bonchev–Trinajstić information content (AvgIpc) is 2.83. The fourth-order valence-electron chi connectivity index (χ4n) is 3.54. The Morgan fingerprint density at radius 3 is 2.68 bits per heavy atom. The van der Waals surface area contributed by atoms with Crippen molar-refractivity contribution in [1.82, 2.24) is 10.2 Å². The number of ether oxygens (including phenoxy) is 1. The molecule has 1 heterocycles. The second kappa shape index (κ2) is 9.46. The van der Waals surface area contributed by atoms with Crippen molar-refractivity contribution < 1.29 is 9.53 Å². The number of hydrogen-bond donors (Lipinski definition) is 2. The van der Waals surface area contributed by atoms with E-state index < -0.39 is 0 Å². The minimum absolute atomic E-state index is 0.0279. The second-order valence-electron chi connectivity index (χ2n) is 7.26. The SMILES string of the molecule is COCCNc1ccc(CNC(=O)N2Cc3ccccc3N(C)C[C@@H]2C)cc1. The van der Waals surface area contributed by atoms with Gasteiger partial charge >= 0.3 is 6.03 Å². The van der Waals surface area contributed by atoms with Gasteiger partial charge in [0, 0.05) is 57.8 Å². The smallest absolute Gasteiger partial charge is 0.318 e. The summed E-state index contributed by atoms with van der Waals surface area (Å²) < 4.78 is 5.04. The molecule has 3 rings (SSSR count). The second-order valence-corrected chi connectivity index (χ2v) is 7.26. The lowest BCUT2D eigenvalue weighted by molar-refractivity contribution is 0.178. The van der Waals surface area contributed by atoms with Crippen LogP contribution in [-0.2, 0) is 17.8 Å². The predicted octanol–water partition coefficient (Wildman–Crippen LogP) is 3.30. The summed E-state index contributed by atoms with van der Waals surface area (Å²) in [5.41, 5.74) is 4.50. The fraction of sp³-hybridized carbons (Fsp3) is 0.409. The monoisotopic (exact) mass is 382 g/mol. The number of benzene rings is 2. The molecule has 150 valence electrons. The van der Waals surface area contributed by atoms with Crippen molar-refractivity contribution in [2.75, 3.05) is 44.1 Å². The van der Waals surface area contributed by atoms with Crippen LogP contribution >= 0.6 is 0 Å². The van der Waals surface area contributed by atoms with E-state index in [9.17, 15) is 4.79 Å². The number of fused-ring (bicyclic) bond motifs is 1. The van der Waals surface area contributed by atoms with Crippen molar-refractivity contribution in [2.45, 2.75) is 26.1 Å². The number of nitrogens with one attached hydrogen (secondary N) is 2. The maximum absolute atomic E-state index is 12.9. The summed E-state index contributed by atoms with van der Waals surface area (Å²) >= 11 is 0. The summed E-state index contributed by atoms with van der Waals surface area (Å²) in [6.45, 7) is 5.49. The van der Waals surface area contributed by atoms with E-state index in [1.165, 1.54) is 11.3 Å². The molecule has 0 unspecified atom stereocenters. The molecule has 1 aliphatic rings. The lowest BCUT2D eigenvalue weighted by Crippen LogP contribution is -2.46. The first-order valence-corrected chi connectivity index (χ1v) is 9.73. The summed E-state index contributed by atoms with van der Waals surface area (Å²) in [4.78, 5) is 17.0. The van der Waals surface area contributed by atoms with Crippen molar-refractivity contribution in [3.05, 3.63) is 59.7 Å². The molecule has 1 atom stereocenters. The van der Waals surface area contributed by atoms with E-state index in [0.29, 0.717) is 19.7 Å². The lowest BCUT2D eigenvalue weighted by atomic mass is 10.1. The van der Waals surface area contributed by atoms with Crippen LogP contribution in [0.2, 0.25) is 0 Å². The van der Waals surface area contributed by atoms with Gasteiger partial charge in [-0.15, -0.1) is 0 Å². The lowest BCUT2D eigenvalue weighted by Gasteiger charge is -2.28. The number of carbonyl (C=O) groups excluding carboxylic acids is 1. The van der Waals surface area contributed by atoms with E-state index in [1.54, 1.807) is 7.11 Å². The van der Waals surface area contributed by atoms with Gasteiger partial charge in [-0.1, -0.05) is 30.3 Å². The topological polar surface area (TPSA) is 56.8 Å².